The zero-order valence-corrected chi connectivity index (χ0v) is 13.0. The van der Waals surface area contributed by atoms with Crippen molar-refractivity contribution in [3.05, 3.63) is 23.4 Å². The molecule has 2 N–H and O–H groups in total. The van der Waals surface area contributed by atoms with E-state index in [9.17, 15) is 9.59 Å². The summed E-state index contributed by atoms with van der Waals surface area (Å²) in [5, 5.41) is 18.2. The fourth-order valence-electron chi connectivity index (χ4n) is 1.29. The molecule has 0 atom stereocenters. The first-order valence-corrected chi connectivity index (χ1v) is 10.5. The van der Waals surface area contributed by atoms with Crippen LogP contribution in [0.3, 0.4) is 0 Å². The number of pyridine rings is 1. The molecule has 5 nitrogen and oxygen atoms in total. The van der Waals surface area contributed by atoms with E-state index in [4.69, 9.17) is 10.2 Å². The van der Waals surface area contributed by atoms with Crippen molar-refractivity contribution in [3.8, 4) is 0 Å². The second-order valence-electron chi connectivity index (χ2n) is 5.32. The normalized spacial score (nSPS) is 11.3. The van der Waals surface area contributed by atoms with E-state index in [0.717, 1.165) is 11.8 Å². The van der Waals surface area contributed by atoms with Gasteiger partial charge in [-0.1, -0.05) is 19.6 Å². The lowest BCUT2D eigenvalue weighted by Crippen LogP contribution is -2.20. The summed E-state index contributed by atoms with van der Waals surface area (Å²) >= 11 is 1.31. The van der Waals surface area contributed by atoms with Gasteiger partial charge in [0.15, 0.2) is 0 Å². The maximum absolute atomic E-state index is 11.1. The topological polar surface area (TPSA) is 87.5 Å². The molecule has 1 aromatic heterocycles. The summed E-state index contributed by atoms with van der Waals surface area (Å²) in [5.41, 5.74) is -0.0638. The zero-order valence-electron chi connectivity index (χ0n) is 11.1. The van der Waals surface area contributed by atoms with Crippen LogP contribution in [0.1, 0.15) is 20.8 Å². The van der Waals surface area contributed by atoms with E-state index in [1.54, 1.807) is 0 Å². The number of carboxylic acids is 2. The van der Waals surface area contributed by atoms with Crippen LogP contribution >= 0.6 is 11.8 Å². The van der Waals surface area contributed by atoms with E-state index in [2.05, 4.69) is 24.6 Å². The molecule has 1 rings (SSSR count). The summed E-state index contributed by atoms with van der Waals surface area (Å²) in [4.78, 5) is 25.8. The van der Waals surface area contributed by atoms with Crippen LogP contribution < -0.4 is 0 Å². The summed E-state index contributed by atoms with van der Waals surface area (Å²) in [7, 11) is -1.20. The van der Waals surface area contributed by atoms with Crippen molar-refractivity contribution in [1.82, 2.24) is 4.98 Å². The number of aromatic carboxylic acids is 2. The second-order valence-corrected chi connectivity index (χ2v) is 12.0. The number of carbonyl (C=O) groups is 2. The van der Waals surface area contributed by atoms with Crippen molar-refractivity contribution in [2.75, 3.05) is 5.75 Å². The first-order valence-electron chi connectivity index (χ1n) is 5.81. The van der Waals surface area contributed by atoms with Crippen molar-refractivity contribution >= 4 is 31.8 Å². The molecular weight excluding hydrogens is 282 g/mol. The highest BCUT2D eigenvalue weighted by Crippen LogP contribution is 2.24. The van der Waals surface area contributed by atoms with E-state index in [1.165, 1.54) is 23.9 Å². The van der Waals surface area contributed by atoms with Gasteiger partial charge in [-0.3, -0.25) is 0 Å². The smallest absolute Gasteiger partial charge is 0.354 e. The Hall–Kier alpha value is -1.34. The zero-order chi connectivity index (χ0) is 14.6. The summed E-state index contributed by atoms with van der Waals surface area (Å²) in [5.74, 6) is -1.48. The van der Waals surface area contributed by atoms with Gasteiger partial charge in [-0.15, -0.1) is 11.8 Å². The summed E-state index contributed by atoms with van der Waals surface area (Å²) in [6.07, 6.45) is 0. The number of aromatic nitrogens is 1. The van der Waals surface area contributed by atoms with Gasteiger partial charge in [-0.05, 0) is 23.9 Å². The monoisotopic (exact) mass is 299 g/mol. The third-order valence-electron chi connectivity index (χ3n) is 2.40. The van der Waals surface area contributed by atoms with E-state index in [0.29, 0.717) is 0 Å². The Bertz CT molecular complexity index is 499. The van der Waals surface area contributed by atoms with E-state index < -0.39 is 20.0 Å². The van der Waals surface area contributed by atoms with Crippen molar-refractivity contribution in [1.29, 1.82) is 0 Å². The molecule has 0 aliphatic heterocycles. The fraction of sp³-hybridized carbons (Fsp3) is 0.417. The lowest BCUT2D eigenvalue weighted by atomic mass is 10.2. The molecule has 19 heavy (non-hydrogen) atoms. The van der Waals surface area contributed by atoms with Crippen molar-refractivity contribution < 1.29 is 19.8 Å². The number of hydrogen-bond acceptors (Lipinski definition) is 4. The molecule has 0 radical (unpaired) electrons. The molecule has 0 aromatic carbocycles. The number of rotatable bonds is 6. The van der Waals surface area contributed by atoms with E-state index in [1.807, 2.05) is 0 Å². The highest BCUT2D eigenvalue weighted by molar-refractivity contribution is 7.99. The van der Waals surface area contributed by atoms with Gasteiger partial charge in [-0.2, -0.15) is 0 Å². The lowest BCUT2D eigenvalue weighted by Gasteiger charge is -2.15. The van der Waals surface area contributed by atoms with Gasteiger partial charge in [0.05, 0.1) is 5.56 Å². The predicted molar refractivity (Wildman–Crippen MR) is 77.0 cm³/mol. The number of carboxylic acid groups (broad SMARTS) is 2. The standard InChI is InChI=1S/C12H17NO4SSi/c1-19(2,3)7-6-18-10-8(11(14)15)4-5-9(13-10)12(16)17/h4-5H,6-7H2,1-3H3,(H,14,15)(H,16,17). The molecule has 0 aliphatic carbocycles. The van der Waals surface area contributed by atoms with Gasteiger partial charge in [0.2, 0.25) is 0 Å². The van der Waals surface area contributed by atoms with Crippen LogP contribution in [0, 0.1) is 0 Å². The Morgan fingerprint density at radius 1 is 1.21 bits per heavy atom. The third-order valence-corrected chi connectivity index (χ3v) is 5.51. The molecule has 1 heterocycles. The molecule has 1 aromatic rings. The SMILES string of the molecule is C[Si](C)(C)CCSc1nc(C(=O)O)ccc1C(=O)O. The molecule has 0 bridgehead atoms. The first-order chi connectivity index (χ1) is 8.70. The van der Waals surface area contributed by atoms with Gasteiger partial charge in [0.25, 0.3) is 0 Å². The van der Waals surface area contributed by atoms with Crippen LogP contribution in [0.5, 0.6) is 0 Å². The molecule has 0 aliphatic rings. The van der Waals surface area contributed by atoms with Crippen LogP contribution in [0.2, 0.25) is 25.7 Å². The van der Waals surface area contributed by atoms with Crippen LogP contribution in [0.15, 0.2) is 17.2 Å². The van der Waals surface area contributed by atoms with E-state index in [-0.39, 0.29) is 16.3 Å². The first kappa shape index (κ1) is 15.7. The minimum atomic E-state index is -1.20. The molecule has 0 amide bonds. The lowest BCUT2D eigenvalue weighted by molar-refractivity contribution is 0.0671. The molecule has 0 fully saturated rings. The Labute approximate surface area is 117 Å². The maximum atomic E-state index is 11.1. The quantitative estimate of drug-likeness (QED) is 0.620. The number of thioether (sulfide) groups is 1. The van der Waals surface area contributed by atoms with Gasteiger partial charge >= 0.3 is 11.9 Å². The van der Waals surface area contributed by atoms with Gasteiger partial charge in [0.1, 0.15) is 10.7 Å². The summed E-state index contributed by atoms with van der Waals surface area (Å²) in [6.45, 7) is 6.69. The van der Waals surface area contributed by atoms with Gasteiger partial charge < -0.3 is 10.2 Å². The van der Waals surface area contributed by atoms with Crippen LogP contribution in [0.25, 0.3) is 0 Å². The van der Waals surface area contributed by atoms with Gasteiger partial charge in [-0.25, -0.2) is 14.6 Å². The van der Waals surface area contributed by atoms with Crippen molar-refractivity contribution in [3.63, 3.8) is 0 Å². The highest BCUT2D eigenvalue weighted by atomic mass is 32.2. The van der Waals surface area contributed by atoms with Crippen LogP contribution in [-0.2, 0) is 0 Å². The van der Waals surface area contributed by atoms with Gasteiger partial charge in [0, 0.05) is 8.07 Å². The molecular formula is C12H17NO4SSi. The molecule has 0 saturated heterocycles. The molecule has 0 unspecified atom stereocenters. The highest BCUT2D eigenvalue weighted by Gasteiger charge is 2.17. The molecule has 0 saturated carbocycles. The average molecular weight is 299 g/mol. The molecule has 104 valence electrons. The minimum Gasteiger partial charge on any atom is -0.478 e. The Balaban J connectivity index is 2.92. The minimum absolute atomic E-state index is 0.0607. The van der Waals surface area contributed by atoms with Crippen LogP contribution in [-0.4, -0.2) is 41.0 Å². The Kier molecular flexibility index (Phi) is 5.13. The molecule has 0 spiro atoms. The third kappa shape index (κ3) is 5.04. The van der Waals surface area contributed by atoms with E-state index >= 15 is 0 Å². The second kappa shape index (κ2) is 6.20. The Morgan fingerprint density at radius 3 is 2.32 bits per heavy atom. The maximum Gasteiger partial charge on any atom is 0.354 e. The summed E-state index contributed by atoms with van der Waals surface area (Å²) in [6, 6.07) is 3.54. The summed E-state index contributed by atoms with van der Waals surface area (Å²) < 4.78 is 0. The fourth-order valence-corrected chi connectivity index (χ4v) is 4.81. The number of hydrogen-bond donors (Lipinski definition) is 2. The Morgan fingerprint density at radius 2 is 1.84 bits per heavy atom. The predicted octanol–water partition coefficient (Wildman–Crippen LogP) is 2.91. The van der Waals surface area contributed by atoms with Crippen LogP contribution in [0.4, 0.5) is 0 Å². The van der Waals surface area contributed by atoms with Crippen molar-refractivity contribution in [2.45, 2.75) is 30.7 Å². The largest absolute Gasteiger partial charge is 0.478 e. The van der Waals surface area contributed by atoms with Crippen molar-refractivity contribution in [2.24, 2.45) is 0 Å². The number of nitrogens with zero attached hydrogens (tertiary/aromatic N) is 1. The molecule has 7 heteroatoms. The average Bonchev–Trinajstić information content (AvgIpc) is 2.26.